The summed E-state index contributed by atoms with van der Waals surface area (Å²) in [4.78, 5) is 0. The summed E-state index contributed by atoms with van der Waals surface area (Å²) in [7, 11) is 0. The molecule has 4 aliphatic carbocycles. The van der Waals surface area contributed by atoms with Gasteiger partial charge in [0.15, 0.2) is 23.1 Å². The molecule has 4 fully saturated rings. The van der Waals surface area contributed by atoms with Crippen molar-refractivity contribution in [2.45, 2.75) is 188 Å². The van der Waals surface area contributed by atoms with Crippen molar-refractivity contribution in [1.82, 2.24) is 0 Å². The zero-order valence-corrected chi connectivity index (χ0v) is 34.2. The third-order valence-corrected chi connectivity index (χ3v) is 14.1. The van der Waals surface area contributed by atoms with Gasteiger partial charge in [0.2, 0.25) is 11.6 Å². The highest BCUT2D eigenvalue weighted by atomic mass is 19.2. The van der Waals surface area contributed by atoms with Crippen LogP contribution in [-0.4, -0.2) is 13.2 Å². The van der Waals surface area contributed by atoms with Gasteiger partial charge < -0.3 is 9.47 Å². The van der Waals surface area contributed by atoms with Crippen molar-refractivity contribution < 1.29 is 32.7 Å². The fourth-order valence-corrected chi connectivity index (χ4v) is 10.9. The van der Waals surface area contributed by atoms with E-state index in [1.807, 2.05) is 6.92 Å². The first kappa shape index (κ1) is 45.5. The molecule has 0 amide bonds. The Balaban J connectivity index is 0.00000105. The molecule has 6 heteroatoms. The molecule has 4 saturated carbocycles. The molecule has 6 rings (SSSR count). The van der Waals surface area contributed by atoms with E-state index in [-0.39, 0.29) is 36.5 Å². The van der Waals surface area contributed by atoms with E-state index in [4.69, 9.17) is 9.47 Å². The van der Waals surface area contributed by atoms with Gasteiger partial charge in [-0.3, -0.25) is 0 Å². The highest BCUT2D eigenvalue weighted by Crippen LogP contribution is 2.47. The van der Waals surface area contributed by atoms with Crippen LogP contribution in [0.5, 0.6) is 11.5 Å². The summed E-state index contributed by atoms with van der Waals surface area (Å²) in [6.07, 6.45) is 27.4. The Hall–Kier alpha value is -2.24. The van der Waals surface area contributed by atoms with Gasteiger partial charge in [-0.05, 0) is 161 Å². The van der Waals surface area contributed by atoms with Gasteiger partial charge in [-0.15, -0.1) is 0 Å². The molecule has 55 heavy (non-hydrogen) atoms. The number of hydrogen-bond acceptors (Lipinski definition) is 2. The van der Waals surface area contributed by atoms with E-state index in [0.717, 1.165) is 67.6 Å². The molecule has 2 aromatic rings. The van der Waals surface area contributed by atoms with E-state index in [9.17, 15) is 17.6 Å². The van der Waals surface area contributed by atoms with Gasteiger partial charge in [0.05, 0.1) is 13.2 Å². The largest absolute Gasteiger partial charge is 0.491 e. The summed E-state index contributed by atoms with van der Waals surface area (Å²) in [5.41, 5.74) is 1.11. The summed E-state index contributed by atoms with van der Waals surface area (Å²) >= 11 is 0. The van der Waals surface area contributed by atoms with E-state index in [1.54, 1.807) is 31.2 Å². The van der Waals surface area contributed by atoms with Crippen LogP contribution in [0.2, 0.25) is 0 Å². The number of benzene rings is 2. The Morgan fingerprint density at radius 1 is 0.473 bits per heavy atom. The zero-order chi connectivity index (χ0) is 38.5. The van der Waals surface area contributed by atoms with Crippen molar-refractivity contribution in [3.05, 3.63) is 58.7 Å². The number of ether oxygens (including phenoxy) is 2. The Kier molecular flexibility index (Phi) is 19.2. The quantitative estimate of drug-likeness (QED) is 0.178. The molecule has 0 atom stereocenters. The summed E-state index contributed by atoms with van der Waals surface area (Å²) in [6.45, 7) is 9.07. The summed E-state index contributed by atoms with van der Waals surface area (Å²) < 4.78 is 68.1. The maximum absolute atomic E-state index is 14.6. The second-order valence-electron chi connectivity index (χ2n) is 17.6. The lowest BCUT2D eigenvalue weighted by molar-refractivity contribution is 0.155. The molecule has 0 aliphatic heterocycles. The summed E-state index contributed by atoms with van der Waals surface area (Å²) in [5.74, 6) is 2.63. The summed E-state index contributed by atoms with van der Waals surface area (Å²) in [6, 6.07) is 6.71. The number of hydrogen-bond donors (Lipinski definition) is 0. The average molecular weight is 781 g/mol. The maximum atomic E-state index is 14.6. The predicted octanol–water partition coefficient (Wildman–Crippen LogP) is 16.9. The van der Waals surface area contributed by atoms with E-state index in [1.165, 1.54) is 109 Å². The number of halogens is 4. The Bertz CT molecular complexity index is 1400. The highest BCUT2D eigenvalue weighted by Gasteiger charge is 2.34. The van der Waals surface area contributed by atoms with Crippen molar-refractivity contribution in [3.63, 3.8) is 0 Å². The molecule has 2 nitrogen and oxygen atoms in total. The molecule has 0 heterocycles. The van der Waals surface area contributed by atoms with E-state index in [0.29, 0.717) is 24.3 Å². The third kappa shape index (κ3) is 12.4. The number of unbranched alkanes of at least 4 members (excludes halogenated alkanes) is 1. The van der Waals surface area contributed by atoms with Crippen molar-refractivity contribution in [2.75, 3.05) is 13.2 Å². The normalized spacial score (nSPS) is 28.4. The van der Waals surface area contributed by atoms with Crippen LogP contribution in [-0.2, 0) is 0 Å². The first-order valence-corrected chi connectivity index (χ1v) is 22.5. The maximum Gasteiger partial charge on any atom is 0.200 e. The fourth-order valence-electron chi connectivity index (χ4n) is 10.9. The molecule has 0 N–H and O–H groups in total. The van der Waals surface area contributed by atoms with Gasteiger partial charge in [-0.25, -0.2) is 8.78 Å². The minimum Gasteiger partial charge on any atom is -0.491 e. The van der Waals surface area contributed by atoms with Crippen LogP contribution in [0.1, 0.15) is 205 Å². The van der Waals surface area contributed by atoms with Crippen LogP contribution in [0.3, 0.4) is 0 Å². The predicted molar refractivity (Wildman–Crippen MR) is 230 cm³/mol. The van der Waals surface area contributed by atoms with Gasteiger partial charge in [0, 0.05) is 5.71 Å². The van der Waals surface area contributed by atoms with Gasteiger partial charge in [-0.2, -0.15) is 8.78 Å². The Labute approximate surface area is 339 Å². The van der Waals surface area contributed by atoms with Gasteiger partial charge >= 0.3 is 0 Å². The Morgan fingerprint density at radius 2 is 0.873 bits per heavy atom. The molecule has 2 aromatic carbocycles. The summed E-state index contributed by atoms with van der Waals surface area (Å²) in [5, 5.41) is 0. The van der Waals surface area contributed by atoms with Gasteiger partial charge in [-0.1, -0.05) is 98.1 Å². The first-order chi connectivity index (χ1) is 26.3. The van der Waals surface area contributed by atoms with Gasteiger partial charge in [0.1, 0.15) is 0 Å². The zero-order valence-electron chi connectivity index (χ0n) is 34.2. The number of rotatable bonds is 14. The van der Waals surface area contributed by atoms with Crippen LogP contribution in [0.25, 0.3) is 0 Å². The SMILES string of the molecule is C.CCCCC1CCC(C2CCC(c3ccc(OCC)c(F)c3F)CC2)CC1.CCCOc1ccc(C2CCC(C3CCC(CCC)CC3)CC2)c(F)c1F.[HH].[HH].[HH].[HH]. The van der Waals surface area contributed by atoms with Crippen LogP contribution in [0.4, 0.5) is 17.6 Å². The van der Waals surface area contributed by atoms with Gasteiger partial charge in [0.25, 0.3) is 0 Å². The van der Waals surface area contributed by atoms with Crippen molar-refractivity contribution >= 4 is 0 Å². The van der Waals surface area contributed by atoms with Crippen LogP contribution >= 0.6 is 0 Å². The molecule has 4 aliphatic rings. The lowest BCUT2D eigenvalue weighted by atomic mass is 9.68. The average Bonchev–Trinajstić information content (AvgIpc) is 3.21. The van der Waals surface area contributed by atoms with Crippen molar-refractivity contribution in [2.24, 2.45) is 35.5 Å². The topological polar surface area (TPSA) is 18.5 Å². The second-order valence-corrected chi connectivity index (χ2v) is 17.6. The van der Waals surface area contributed by atoms with Crippen molar-refractivity contribution in [3.8, 4) is 11.5 Å². The van der Waals surface area contributed by atoms with Crippen molar-refractivity contribution in [1.29, 1.82) is 0 Å². The molecule has 0 spiro atoms. The first-order valence-electron chi connectivity index (χ1n) is 22.5. The van der Waals surface area contributed by atoms with Crippen LogP contribution in [0, 0.1) is 58.8 Å². The molecular weight excluding hydrogens is 697 g/mol. The monoisotopic (exact) mass is 781 g/mol. The highest BCUT2D eigenvalue weighted by molar-refractivity contribution is 5.34. The molecule has 0 aromatic heterocycles. The molecular formula is C49H84F4O2. The van der Waals surface area contributed by atoms with Crippen LogP contribution < -0.4 is 9.47 Å². The lowest BCUT2D eigenvalue weighted by Gasteiger charge is -2.38. The van der Waals surface area contributed by atoms with E-state index >= 15 is 0 Å². The Morgan fingerprint density at radius 3 is 1.25 bits per heavy atom. The molecule has 0 unspecified atom stereocenters. The third-order valence-electron chi connectivity index (χ3n) is 14.1. The molecule has 0 radical (unpaired) electrons. The van der Waals surface area contributed by atoms with E-state index in [2.05, 4.69) is 13.8 Å². The smallest absolute Gasteiger partial charge is 0.200 e. The lowest BCUT2D eigenvalue weighted by Crippen LogP contribution is -2.25. The standard InChI is InChI=1S/2C24H36F2O.CH4.4H2/c1-3-5-17-6-8-18(9-7-17)19-10-12-20(13-11-19)21-14-15-22(27-16-4-2)24(26)23(21)25;1-3-5-6-17-7-9-18(10-8-17)19-11-13-20(14-12-19)21-15-16-22(27-4-2)24(26)23(21)25;;;;;/h14-15,17-20H,3-13,16H2,1-2H3;15-20H,3-14H2,1-2H3;1H4;4*1H. The minimum absolute atomic E-state index is 0. The fraction of sp³-hybridized carbons (Fsp3) is 0.755. The second kappa shape index (κ2) is 23.2. The van der Waals surface area contributed by atoms with Crippen LogP contribution in [0.15, 0.2) is 24.3 Å². The molecule has 0 saturated heterocycles. The molecule has 0 bridgehead atoms. The van der Waals surface area contributed by atoms with E-state index < -0.39 is 23.3 Å². The molecule has 320 valence electrons. The minimum atomic E-state index is -0.818.